The number of hydrogen-bond acceptors (Lipinski definition) is 19. The molecular weight excluding hydrogens is 1330 g/mol. The van der Waals surface area contributed by atoms with E-state index in [1.807, 2.05) is 84.9 Å². The number of aryl methyl sites for hydroxylation is 1. The third-order valence-electron chi connectivity index (χ3n) is 18.1. The topological polar surface area (TPSA) is 286 Å². The Bertz CT molecular complexity index is 4270. The number of anilines is 1. The molecule has 7 unspecified atom stereocenters. The summed E-state index contributed by atoms with van der Waals surface area (Å²) in [5, 5.41) is 2.88. The maximum atomic E-state index is 16.7. The van der Waals surface area contributed by atoms with Gasteiger partial charge in [-0.1, -0.05) is 121 Å². The van der Waals surface area contributed by atoms with E-state index in [9.17, 15) is 24.0 Å². The zero-order valence-corrected chi connectivity index (χ0v) is 60.1. The molecule has 2 amide bonds. The molecule has 3 aliphatic rings. The summed E-state index contributed by atoms with van der Waals surface area (Å²) >= 11 is 0. The summed E-state index contributed by atoms with van der Waals surface area (Å²) in [5.41, 5.74) is 0.773. The van der Waals surface area contributed by atoms with Crippen LogP contribution in [0.1, 0.15) is 79.6 Å². The van der Waals surface area contributed by atoms with Crippen LogP contribution in [-0.2, 0) is 65.3 Å². The van der Waals surface area contributed by atoms with Gasteiger partial charge in [-0.15, -0.1) is 0 Å². The Morgan fingerprint density at radius 2 is 1.29 bits per heavy atom. The Morgan fingerprint density at radius 1 is 0.693 bits per heavy atom. The van der Waals surface area contributed by atoms with Crippen LogP contribution in [0.4, 0.5) is 10.7 Å². The van der Waals surface area contributed by atoms with Crippen LogP contribution in [0.25, 0.3) is 11.2 Å². The number of carbonyl (C=O) groups is 3. The number of benzene rings is 5. The first-order valence-corrected chi connectivity index (χ1v) is 36.7. The highest BCUT2D eigenvalue weighted by Crippen LogP contribution is 2.60. The van der Waals surface area contributed by atoms with E-state index in [4.69, 9.17) is 52.4 Å². The maximum absolute atomic E-state index is 16.7. The number of imidazole rings is 1. The van der Waals surface area contributed by atoms with Crippen molar-refractivity contribution >= 4 is 50.3 Å². The van der Waals surface area contributed by atoms with E-state index in [2.05, 4.69) is 51.6 Å². The smallest absolute Gasteiger partial charge is 0.409 e. The van der Waals surface area contributed by atoms with Crippen molar-refractivity contribution in [3.63, 3.8) is 0 Å². The minimum Gasteiger partial charge on any atom is -0.487 e. The number of fused-ring (bicyclic) bond motifs is 1. The lowest BCUT2D eigenvalue weighted by Crippen LogP contribution is -2.58. The van der Waals surface area contributed by atoms with Crippen molar-refractivity contribution in [1.82, 2.24) is 52.9 Å². The molecule has 5 aromatic carbocycles. The van der Waals surface area contributed by atoms with Gasteiger partial charge in [0.1, 0.15) is 42.2 Å². The van der Waals surface area contributed by atoms with Gasteiger partial charge in [0, 0.05) is 64.6 Å². The molecule has 0 radical (unpaired) electrons. The fraction of sp³-hybridized carbons (Fsp3) is 0.417. The molecule has 7 atom stereocenters. The number of nitrogens with one attached hydrogen (secondary N) is 2. The average Bonchev–Trinajstić information content (AvgIpc) is 1.22. The molecule has 2 N–H and O–H groups in total. The standard InChI is InChI=1S/C72H88N12O15P2/c1-50-43-83(69(88)77-66(50)86)63-45-81(72(52-24-16-11-17-25-52,53-26-18-12-19-27-53)54-28-20-13-21-29-54)44-58(98-63)47-95-100(90,78(5)6)59-41-57(46-96-101(91,79(7)8)82-36-34-80(35-37-82)70(89)93-39-38-92-9)97-62(42-59)84-49-73-64-60(48-94-55-30-32-56(33-31-55)99-67(87)71(2,3)4)74-68(76-65(64)84)75-61(85)40-51-22-14-10-15-23-51/h10-33,43,49,57-59,62-63H,34-42,44-48H2,1-9H3,(H,77,86,88)(H,74,75,76,85). The molecule has 3 aromatic heterocycles. The number of carbonyl (C=O) groups excluding carboxylic acids is 3. The van der Waals surface area contributed by atoms with Crippen molar-refractivity contribution in [2.24, 2.45) is 5.41 Å². The minimum atomic E-state index is -4.13. The zero-order valence-electron chi connectivity index (χ0n) is 58.3. The van der Waals surface area contributed by atoms with Crippen molar-refractivity contribution in [1.29, 1.82) is 0 Å². The van der Waals surface area contributed by atoms with E-state index in [0.29, 0.717) is 17.1 Å². The first-order valence-electron chi connectivity index (χ1n) is 33.5. The SMILES string of the molecule is COCCOC(=O)N1CCN(P(=O)(OCC2CC(P(=O)(OCC3CN(C(c4ccccc4)(c4ccccc4)c4ccccc4)CC(n4cc(C)c(=O)[nH]c4=O)O3)N(C)C)CC(n3cnc4c(COc5ccc(OC(=O)C(C)(C)C)cc5)nc(NC(=O)Cc5ccccc5)nc43)O2)N(C)C)CC1. The van der Waals surface area contributed by atoms with Crippen LogP contribution in [0.2, 0.25) is 0 Å². The van der Waals surface area contributed by atoms with E-state index in [0.717, 1.165) is 22.3 Å². The normalized spacial score (nSPS) is 19.9. The van der Waals surface area contributed by atoms with Crippen molar-refractivity contribution in [3.8, 4) is 11.5 Å². The van der Waals surface area contributed by atoms with Gasteiger partial charge < -0.3 is 42.4 Å². The lowest BCUT2D eigenvalue weighted by Gasteiger charge is -2.50. The van der Waals surface area contributed by atoms with Gasteiger partial charge in [-0.3, -0.25) is 47.8 Å². The molecule has 11 rings (SSSR count). The van der Waals surface area contributed by atoms with Crippen molar-refractivity contribution in [2.45, 2.75) is 89.4 Å². The summed E-state index contributed by atoms with van der Waals surface area (Å²) in [5.74, 6) is -0.138. The predicted molar refractivity (Wildman–Crippen MR) is 379 cm³/mol. The van der Waals surface area contributed by atoms with Crippen LogP contribution in [0.15, 0.2) is 168 Å². The molecule has 6 heterocycles. The summed E-state index contributed by atoms with van der Waals surface area (Å²) in [6.45, 7) is 7.62. The van der Waals surface area contributed by atoms with Gasteiger partial charge in [0.25, 0.3) is 13.1 Å². The fourth-order valence-electron chi connectivity index (χ4n) is 12.9. The number of rotatable bonds is 26. The van der Waals surface area contributed by atoms with Crippen molar-refractivity contribution < 1.29 is 61.0 Å². The van der Waals surface area contributed by atoms with Crippen LogP contribution < -0.4 is 26.0 Å². The molecule has 101 heavy (non-hydrogen) atoms. The molecule has 8 aromatic rings. The van der Waals surface area contributed by atoms with Crippen molar-refractivity contribution in [2.75, 3.05) is 106 Å². The molecule has 29 heteroatoms. The van der Waals surface area contributed by atoms with Gasteiger partial charge in [-0.25, -0.2) is 33.6 Å². The predicted octanol–water partition coefficient (Wildman–Crippen LogP) is 9.49. The van der Waals surface area contributed by atoms with Gasteiger partial charge >= 0.3 is 25.4 Å². The second-order valence-electron chi connectivity index (χ2n) is 26.6. The largest absolute Gasteiger partial charge is 0.487 e. The van der Waals surface area contributed by atoms with Crippen LogP contribution in [-0.4, -0.2) is 190 Å². The van der Waals surface area contributed by atoms with Gasteiger partial charge in [-0.05, 0) is 109 Å². The monoisotopic (exact) mass is 1420 g/mol. The molecule has 0 bridgehead atoms. The molecule has 3 saturated heterocycles. The van der Waals surface area contributed by atoms with Gasteiger partial charge in [0.15, 0.2) is 11.9 Å². The number of aromatic amines is 1. The van der Waals surface area contributed by atoms with E-state index in [-0.39, 0.29) is 114 Å². The van der Waals surface area contributed by atoms with Crippen molar-refractivity contribution in [3.05, 3.63) is 212 Å². The fourth-order valence-corrected chi connectivity index (χ4v) is 17.2. The molecule has 0 aliphatic carbocycles. The average molecular weight is 1420 g/mol. The first-order chi connectivity index (χ1) is 48.5. The van der Waals surface area contributed by atoms with E-state index in [1.165, 1.54) is 28.9 Å². The number of piperazine rings is 1. The number of H-pyrrole nitrogens is 1. The van der Waals surface area contributed by atoms with E-state index >= 15 is 9.13 Å². The second kappa shape index (κ2) is 32.2. The summed E-state index contributed by atoms with van der Waals surface area (Å²) in [7, 11) is 0.170. The Balaban J connectivity index is 0.955. The number of methoxy groups -OCH3 is 1. The van der Waals surface area contributed by atoms with Crippen LogP contribution in [0.5, 0.6) is 11.5 Å². The number of esters is 1. The Morgan fingerprint density at radius 3 is 1.88 bits per heavy atom. The number of morpholine rings is 1. The summed E-state index contributed by atoms with van der Waals surface area (Å²) in [6, 6.07) is 45.9. The Kier molecular flexibility index (Phi) is 23.5. The molecule has 0 saturated carbocycles. The summed E-state index contributed by atoms with van der Waals surface area (Å²) in [4.78, 5) is 87.5. The maximum Gasteiger partial charge on any atom is 0.409 e. The van der Waals surface area contributed by atoms with Gasteiger partial charge in [-0.2, -0.15) is 4.98 Å². The van der Waals surface area contributed by atoms with E-state index < -0.39 is 85.7 Å². The Labute approximate surface area is 586 Å². The number of nitrogens with zero attached hydrogens (tertiary/aromatic N) is 10. The third-order valence-corrected chi connectivity index (χ3v) is 23.7. The second-order valence-corrected chi connectivity index (χ2v) is 32.1. The summed E-state index contributed by atoms with van der Waals surface area (Å²) < 4.78 is 90.0. The number of hydrogen-bond donors (Lipinski definition) is 2. The first kappa shape index (κ1) is 73.7. The summed E-state index contributed by atoms with van der Waals surface area (Å²) in [6.07, 6.45) is -1.30. The molecule has 536 valence electrons. The minimum absolute atomic E-state index is 0.00610. The quantitative estimate of drug-likeness (QED) is 0.0168. The van der Waals surface area contributed by atoms with Crippen LogP contribution >= 0.6 is 15.2 Å². The molecule has 3 aliphatic heterocycles. The molecule has 3 fully saturated rings. The highest BCUT2D eigenvalue weighted by molar-refractivity contribution is 7.57. The molecule has 27 nitrogen and oxygen atoms in total. The van der Waals surface area contributed by atoms with Crippen LogP contribution in [0, 0.1) is 12.3 Å². The molecular formula is C72H88N12O15P2. The van der Waals surface area contributed by atoms with Crippen LogP contribution in [0.3, 0.4) is 0 Å². The molecule has 0 spiro atoms. The highest BCUT2D eigenvalue weighted by Gasteiger charge is 2.50. The Hall–Kier alpha value is -8.56. The lowest BCUT2D eigenvalue weighted by molar-refractivity contribution is -0.149. The zero-order chi connectivity index (χ0) is 71.6. The number of amides is 2. The third kappa shape index (κ3) is 16.8. The van der Waals surface area contributed by atoms with E-state index in [1.54, 1.807) is 99.0 Å². The lowest BCUT2D eigenvalue weighted by atomic mass is 9.75. The number of ether oxygens (including phenoxy) is 6. The van der Waals surface area contributed by atoms with Gasteiger partial charge in [0.05, 0.1) is 61.4 Å². The van der Waals surface area contributed by atoms with Gasteiger partial charge in [0.2, 0.25) is 11.9 Å². The highest BCUT2D eigenvalue weighted by atomic mass is 31.2. The number of aromatic nitrogens is 6.